The minimum atomic E-state index is 0.852. The molecule has 0 saturated carbocycles. The van der Waals surface area contributed by atoms with E-state index in [0.717, 1.165) is 54.3 Å². The van der Waals surface area contributed by atoms with Crippen LogP contribution in [0.5, 0.6) is 0 Å². The quantitative estimate of drug-likeness (QED) is 0.781. The molecule has 0 radical (unpaired) electrons. The Bertz CT molecular complexity index is 779. The molecule has 4 heteroatoms. The summed E-state index contributed by atoms with van der Waals surface area (Å²) in [5.74, 6) is 0.852. The predicted octanol–water partition coefficient (Wildman–Crippen LogP) is 1.68. The number of anilines is 1. The van der Waals surface area contributed by atoms with E-state index < -0.39 is 0 Å². The van der Waals surface area contributed by atoms with Crippen molar-refractivity contribution in [1.29, 1.82) is 0 Å². The molecular weight excluding hydrogens is 272 g/mol. The minimum absolute atomic E-state index is 0.852. The van der Waals surface area contributed by atoms with Gasteiger partial charge in [0, 0.05) is 10.9 Å². The number of rotatable bonds is 2. The molecule has 2 N–H and O–H groups in total. The fourth-order valence-corrected chi connectivity index (χ4v) is 2.97. The van der Waals surface area contributed by atoms with Crippen LogP contribution in [0.4, 0.5) is 5.95 Å². The average molecular weight is 291 g/mol. The zero-order chi connectivity index (χ0) is 14.8. The Morgan fingerprint density at radius 3 is 2.36 bits per heavy atom. The molecule has 1 saturated heterocycles. The predicted molar refractivity (Wildman–Crippen MR) is 88.8 cm³/mol. The molecule has 4 rings (SSSR count). The van der Waals surface area contributed by atoms with E-state index >= 15 is 0 Å². The number of hydrogen-bond donors (Lipinski definition) is 1. The van der Waals surface area contributed by atoms with Crippen molar-refractivity contribution in [3.8, 4) is 11.3 Å². The van der Waals surface area contributed by atoms with E-state index in [2.05, 4.69) is 46.6 Å². The largest absolute Gasteiger partial charge is 0.343 e. The Morgan fingerprint density at radius 1 is 0.818 bits per heavy atom. The zero-order valence-electron chi connectivity index (χ0n) is 12.4. The third-order valence-corrected chi connectivity index (χ3v) is 4.13. The van der Waals surface area contributed by atoms with Crippen LogP contribution in [-0.4, -0.2) is 36.1 Å². The summed E-state index contributed by atoms with van der Waals surface area (Å²) in [6.45, 7) is 4.23. The zero-order valence-corrected chi connectivity index (χ0v) is 12.4. The standard InChI is InChI=1S/C18H18N4/c1-2-6-14(7-3-1)17-15-8-4-5-9-16(15)20-18(21-17)22-12-10-19-11-13-22/h1-9,19H,10-13H2/p+1. The van der Waals surface area contributed by atoms with Crippen LogP contribution < -0.4 is 10.2 Å². The molecule has 0 aliphatic carbocycles. The Balaban J connectivity index is 1.89. The lowest BCUT2D eigenvalue weighted by atomic mass is 10.1. The molecule has 0 spiro atoms. The summed E-state index contributed by atoms with van der Waals surface area (Å²) in [6.07, 6.45) is 0. The molecule has 2 heterocycles. The highest BCUT2D eigenvalue weighted by molar-refractivity contribution is 5.93. The van der Waals surface area contributed by atoms with Crippen molar-refractivity contribution in [1.82, 2.24) is 9.97 Å². The van der Waals surface area contributed by atoms with Crippen molar-refractivity contribution in [2.45, 2.75) is 0 Å². The topological polar surface area (TPSA) is 45.6 Å². The normalized spacial score (nSPS) is 15.2. The van der Waals surface area contributed by atoms with Crippen molar-refractivity contribution in [3.63, 3.8) is 0 Å². The highest BCUT2D eigenvalue weighted by Gasteiger charge is 2.18. The molecule has 1 aliphatic rings. The Hall–Kier alpha value is -2.46. The molecule has 0 atom stereocenters. The van der Waals surface area contributed by atoms with E-state index in [1.54, 1.807) is 0 Å². The first-order valence-electron chi connectivity index (χ1n) is 7.81. The molecule has 0 unspecified atom stereocenters. The summed E-state index contributed by atoms with van der Waals surface area (Å²) in [4.78, 5) is 12.0. The van der Waals surface area contributed by atoms with Crippen LogP contribution in [0, 0.1) is 0 Å². The SMILES string of the molecule is c1ccc(-c2nc(N3CC[NH2+]CC3)nc3ccccc23)cc1. The number of hydrogen-bond acceptors (Lipinski definition) is 3. The number of fused-ring (bicyclic) bond motifs is 1. The van der Waals surface area contributed by atoms with Gasteiger partial charge < -0.3 is 10.2 Å². The summed E-state index contributed by atoms with van der Waals surface area (Å²) < 4.78 is 0. The van der Waals surface area contributed by atoms with Gasteiger partial charge in [-0.3, -0.25) is 0 Å². The summed E-state index contributed by atoms with van der Waals surface area (Å²) in [7, 11) is 0. The minimum Gasteiger partial charge on any atom is -0.343 e. The van der Waals surface area contributed by atoms with E-state index in [-0.39, 0.29) is 0 Å². The van der Waals surface area contributed by atoms with Crippen molar-refractivity contribution >= 4 is 16.9 Å². The third kappa shape index (κ3) is 2.42. The van der Waals surface area contributed by atoms with Crippen LogP contribution in [-0.2, 0) is 0 Å². The van der Waals surface area contributed by atoms with E-state index in [0.29, 0.717) is 0 Å². The number of nitrogens with zero attached hydrogens (tertiary/aromatic N) is 3. The lowest BCUT2D eigenvalue weighted by Gasteiger charge is -2.25. The van der Waals surface area contributed by atoms with Crippen molar-refractivity contribution < 1.29 is 5.32 Å². The van der Waals surface area contributed by atoms with Crippen LogP contribution in [0.25, 0.3) is 22.2 Å². The third-order valence-electron chi connectivity index (χ3n) is 4.13. The number of benzene rings is 2. The fourth-order valence-electron chi connectivity index (χ4n) is 2.97. The molecule has 1 aliphatic heterocycles. The molecule has 110 valence electrons. The first-order valence-corrected chi connectivity index (χ1v) is 7.81. The van der Waals surface area contributed by atoms with Crippen LogP contribution >= 0.6 is 0 Å². The van der Waals surface area contributed by atoms with E-state index in [4.69, 9.17) is 9.97 Å². The maximum absolute atomic E-state index is 4.90. The monoisotopic (exact) mass is 291 g/mol. The van der Waals surface area contributed by atoms with Gasteiger partial charge in [0.05, 0.1) is 37.4 Å². The van der Waals surface area contributed by atoms with Crippen molar-refractivity contribution in [2.75, 3.05) is 31.1 Å². The Morgan fingerprint density at radius 2 is 1.55 bits per heavy atom. The Kier molecular flexibility index (Phi) is 3.45. The number of aromatic nitrogens is 2. The van der Waals surface area contributed by atoms with E-state index in [1.165, 1.54) is 0 Å². The summed E-state index contributed by atoms with van der Waals surface area (Å²) >= 11 is 0. The van der Waals surface area contributed by atoms with Gasteiger partial charge in [0.2, 0.25) is 5.95 Å². The van der Waals surface area contributed by atoms with Gasteiger partial charge in [0.25, 0.3) is 0 Å². The molecule has 3 aromatic rings. The van der Waals surface area contributed by atoms with Gasteiger partial charge in [-0.1, -0.05) is 48.5 Å². The van der Waals surface area contributed by atoms with Gasteiger partial charge in [0.15, 0.2) is 0 Å². The number of quaternary nitrogens is 1. The average Bonchev–Trinajstić information content (AvgIpc) is 2.62. The summed E-state index contributed by atoms with van der Waals surface area (Å²) in [5, 5.41) is 3.45. The van der Waals surface area contributed by atoms with Crippen LogP contribution in [0.2, 0.25) is 0 Å². The Labute approximate surface area is 129 Å². The van der Waals surface area contributed by atoms with Crippen molar-refractivity contribution in [3.05, 3.63) is 54.6 Å². The van der Waals surface area contributed by atoms with Crippen molar-refractivity contribution in [2.24, 2.45) is 0 Å². The van der Waals surface area contributed by atoms with Gasteiger partial charge in [-0.05, 0) is 6.07 Å². The van der Waals surface area contributed by atoms with E-state index in [1.807, 2.05) is 18.2 Å². The van der Waals surface area contributed by atoms with Crippen LogP contribution in [0.3, 0.4) is 0 Å². The number of nitrogens with two attached hydrogens (primary N) is 1. The summed E-state index contributed by atoms with van der Waals surface area (Å²) in [6, 6.07) is 18.6. The van der Waals surface area contributed by atoms with Gasteiger partial charge in [-0.25, -0.2) is 9.97 Å². The lowest BCUT2D eigenvalue weighted by Crippen LogP contribution is -2.89. The molecule has 0 amide bonds. The van der Waals surface area contributed by atoms with Crippen LogP contribution in [0.15, 0.2) is 54.6 Å². The molecule has 1 aromatic heterocycles. The second kappa shape index (κ2) is 5.73. The smallest absolute Gasteiger partial charge is 0.226 e. The molecule has 0 bridgehead atoms. The molecule has 1 fully saturated rings. The second-order valence-corrected chi connectivity index (χ2v) is 5.61. The second-order valence-electron chi connectivity index (χ2n) is 5.61. The van der Waals surface area contributed by atoms with Crippen LogP contribution in [0.1, 0.15) is 0 Å². The number of para-hydroxylation sites is 1. The molecular formula is C18H19N4+. The lowest BCUT2D eigenvalue weighted by molar-refractivity contribution is -0.655. The van der Waals surface area contributed by atoms with Gasteiger partial charge in [-0.2, -0.15) is 0 Å². The maximum Gasteiger partial charge on any atom is 0.226 e. The number of piperazine rings is 1. The molecule has 4 nitrogen and oxygen atoms in total. The van der Waals surface area contributed by atoms with E-state index in [9.17, 15) is 0 Å². The molecule has 22 heavy (non-hydrogen) atoms. The van der Waals surface area contributed by atoms with Gasteiger partial charge in [0.1, 0.15) is 0 Å². The summed E-state index contributed by atoms with van der Waals surface area (Å²) in [5.41, 5.74) is 3.18. The highest BCUT2D eigenvalue weighted by Crippen LogP contribution is 2.27. The fraction of sp³-hybridized carbons (Fsp3) is 0.222. The molecule has 2 aromatic carbocycles. The maximum atomic E-state index is 4.90. The highest BCUT2D eigenvalue weighted by atomic mass is 15.3. The van der Waals surface area contributed by atoms with Gasteiger partial charge in [-0.15, -0.1) is 0 Å². The first-order chi connectivity index (χ1) is 10.9. The first kappa shape index (κ1) is 13.2. The van der Waals surface area contributed by atoms with Gasteiger partial charge >= 0.3 is 0 Å².